The topological polar surface area (TPSA) is 57.5 Å². The van der Waals surface area contributed by atoms with Gasteiger partial charge in [-0.25, -0.2) is 4.79 Å². The number of carbonyl (C=O) groups is 1. The van der Waals surface area contributed by atoms with Gasteiger partial charge < -0.3 is 10.2 Å². The Labute approximate surface area is 112 Å². The fourth-order valence-electron chi connectivity index (χ4n) is 1.44. The highest BCUT2D eigenvalue weighted by molar-refractivity contribution is 6.31. The molecule has 1 rings (SSSR count). The van der Waals surface area contributed by atoms with Crippen LogP contribution in [0.5, 0.6) is 0 Å². The van der Waals surface area contributed by atoms with Crippen LogP contribution in [-0.4, -0.2) is 16.2 Å². The summed E-state index contributed by atoms with van der Waals surface area (Å²) in [5.41, 5.74) is -5.19. The van der Waals surface area contributed by atoms with E-state index < -0.39 is 46.1 Å². The lowest BCUT2D eigenvalue weighted by Gasteiger charge is -2.19. The van der Waals surface area contributed by atoms with Crippen molar-refractivity contribution in [2.75, 3.05) is 0 Å². The largest absolute Gasteiger partial charge is 0.479 e. The van der Waals surface area contributed by atoms with Crippen molar-refractivity contribution >= 4 is 17.6 Å². The maximum Gasteiger partial charge on any atom is 0.418 e. The Morgan fingerprint density at radius 1 is 1.10 bits per heavy atom. The van der Waals surface area contributed by atoms with Crippen LogP contribution in [0.4, 0.5) is 26.3 Å². The van der Waals surface area contributed by atoms with Crippen molar-refractivity contribution in [2.24, 2.45) is 0 Å². The van der Waals surface area contributed by atoms with E-state index in [1.165, 1.54) is 0 Å². The lowest BCUT2D eigenvalue weighted by Crippen LogP contribution is -2.19. The molecular formula is C10H5ClF6O3. The van der Waals surface area contributed by atoms with Gasteiger partial charge in [0.2, 0.25) is 0 Å². The molecule has 0 saturated heterocycles. The third-order valence-electron chi connectivity index (χ3n) is 2.25. The van der Waals surface area contributed by atoms with Gasteiger partial charge >= 0.3 is 18.3 Å². The molecule has 0 aliphatic rings. The normalized spacial score (nSPS) is 14.2. The van der Waals surface area contributed by atoms with Crippen molar-refractivity contribution < 1.29 is 41.4 Å². The minimum absolute atomic E-state index is 0.0898. The lowest BCUT2D eigenvalue weighted by atomic mass is 9.99. The number of aliphatic carboxylic acids is 1. The SMILES string of the molecule is O=C(O)C(O)c1cc(Cl)c(C(F)(F)F)c(C(F)(F)F)c1. The van der Waals surface area contributed by atoms with Gasteiger partial charge in [-0.2, -0.15) is 26.3 Å². The summed E-state index contributed by atoms with van der Waals surface area (Å²) >= 11 is 5.15. The third kappa shape index (κ3) is 3.34. The van der Waals surface area contributed by atoms with Crippen LogP contribution in [0.1, 0.15) is 22.8 Å². The maximum absolute atomic E-state index is 12.6. The van der Waals surface area contributed by atoms with Gasteiger partial charge in [-0.05, 0) is 17.7 Å². The average Bonchev–Trinajstić information content (AvgIpc) is 2.23. The molecule has 1 unspecified atom stereocenters. The number of carboxylic acid groups (broad SMARTS) is 1. The molecule has 112 valence electrons. The lowest BCUT2D eigenvalue weighted by molar-refractivity contribution is -0.162. The standard InChI is InChI=1S/C10H5ClF6O3/c11-5-2-3(7(18)8(19)20)1-4(9(12,13)14)6(5)10(15,16)17/h1-2,7,18H,(H,19,20). The summed E-state index contributed by atoms with van der Waals surface area (Å²) in [6.07, 6.45) is -13.2. The molecule has 1 aromatic rings. The van der Waals surface area contributed by atoms with E-state index in [9.17, 15) is 31.1 Å². The number of rotatable bonds is 2. The second-order valence-corrected chi connectivity index (χ2v) is 4.07. The molecule has 2 N–H and O–H groups in total. The Morgan fingerprint density at radius 2 is 1.60 bits per heavy atom. The van der Waals surface area contributed by atoms with E-state index in [2.05, 4.69) is 0 Å². The summed E-state index contributed by atoms with van der Waals surface area (Å²) in [6, 6.07) is 0.242. The zero-order valence-corrected chi connectivity index (χ0v) is 9.94. The number of aliphatic hydroxyl groups is 1. The van der Waals surface area contributed by atoms with Crippen molar-refractivity contribution in [3.63, 3.8) is 0 Å². The van der Waals surface area contributed by atoms with Gasteiger partial charge in [0.25, 0.3) is 0 Å². The minimum Gasteiger partial charge on any atom is -0.479 e. The Balaban J connectivity index is 3.62. The molecule has 3 nitrogen and oxygen atoms in total. The predicted molar refractivity (Wildman–Crippen MR) is 54.1 cm³/mol. The van der Waals surface area contributed by atoms with E-state index in [1.54, 1.807) is 0 Å². The van der Waals surface area contributed by atoms with Gasteiger partial charge in [0, 0.05) is 0 Å². The average molecular weight is 323 g/mol. The molecule has 0 aromatic heterocycles. The van der Waals surface area contributed by atoms with E-state index in [4.69, 9.17) is 21.8 Å². The van der Waals surface area contributed by atoms with Crippen molar-refractivity contribution in [1.29, 1.82) is 0 Å². The Morgan fingerprint density at radius 3 is 1.95 bits per heavy atom. The highest BCUT2D eigenvalue weighted by Gasteiger charge is 2.45. The Hall–Kier alpha value is -1.48. The van der Waals surface area contributed by atoms with Crippen molar-refractivity contribution in [1.82, 2.24) is 0 Å². The highest BCUT2D eigenvalue weighted by Crippen LogP contribution is 2.44. The molecular weight excluding hydrogens is 318 g/mol. The van der Waals surface area contributed by atoms with Crippen molar-refractivity contribution in [2.45, 2.75) is 18.5 Å². The third-order valence-corrected chi connectivity index (χ3v) is 2.55. The molecule has 0 spiro atoms. The molecule has 0 bridgehead atoms. The number of halogens is 7. The smallest absolute Gasteiger partial charge is 0.418 e. The number of hydrogen-bond acceptors (Lipinski definition) is 2. The van der Waals surface area contributed by atoms with Crippen LogP contribution in [0.25, 0.3) is 0 Å². The molecule has 20 heavy (non-hydrogen) atoms. The Bertz CT molecular complexity index is 537. The molecule has 0 aliphatic carbocycles. The number of aliphatic hydroxyl groups excluding tert-OH is 1. The van der Waals surface area contributed by atoms with Gasteiger partial charge in [-0.3, -0.25) is 0 Å². The van der Waals surface area contributed by atoms with Crippen LogP contribution < -0.4 is 0 Å². The van der Waals surface area contributed by atoms with Crippen molar-refractivity contribution in [3.05, 3.63) is 33.8 Å². The van der Waals surface area contributed by atoms with Gasteiger partial charge in [-0.1, -0.05) is 11.6 Å². The molecule has 0 aliphatic heterocycles. The summed E-state index contributed by atoms with van der Waals surface area (Å²) in [6.45, 7) is 0. The number of benzene rings is 1. The van der Waals surface area contributed by atoms with Crippen LogP contribution in [0.2, 0.25) is 5.02 Å². The molecule has 10 heteroatoms. The van der Waals surface area contributed by atoms with Crippen LogP contribution in [0.3, 0.4) is 0 Å². The zero-order valence-electron chi connectivity index (χ0n) is 9.18. The quantitative estimate of drug-likeness (QED) is 0.819. The summed E-state index contributed by atoms with van der Waals surface area (Å²) in [5.74, 6) is -1.92. The molecule has 0 radical (unpaired) electrons. The van der Waals surface area contributed by atoms with Crippen LogP contribution in [0, 0.1) is 0 Å². The van der Waals surface area contributed by atoms with Crippen LogP contribution >= 0.6 is 11.6 Å². The monoisotopic (exact) mass is 322 g/mol. The molecule has 0 saturated carbocycles. The fraction of sp³-hybridized carbons (Fsp3) is 0.300. The molecule has 0 heterocycles. The van der Waals surface area contributed by atoms with Crippen LogP contribution in [-0.2, 0) is 17.1 Å². The van der Waals surface area contributed by atoms with Gasteiger partial charge in [0.05, 0.1) is 16.1 Å². The second-order valence-electron chi connectivity index (χ2n) is 3.66. The first kappa shape index (κ1) is 16.6. The van der Waals surface area contributed by atoms with Crippen molar-refractivity contribution in [3.8, 4) is 0 Å². The zero-order chi connectivity index (χ0) is 15.9. The van der Waals surface area contributed by atoms with E-state index in [1.807, 2.05) is 0 Å². The number of carboxylic acids is 1. The Kier molecular flexibility index (Phi) is 4.25. The number of alkyl halides is 6. The fourth-order valence-corrected chi connectivity index (χ4v) is 1.77. The summed E-state index contributed by atoms with van der Waals surface area (Å²) in [7, 11) is 0. The first-order chi connectivity index (χ1) is 8.85. The maximum atomic E-state index is 12.6. The molecule has 0 amide bonds. The second kappa shape index (κ2) is 5.13. The summed E-state index contributed by atoms with van der Waals surface area (Å²) < 4.78 is 75.5. The summed E-state index contributed by atoms with van der Waals surface area (Å²) in [5, 5.41) is 16.2. The molecule has 0 fully saturated rings. The first-order valence-corrected chi connectivity index (χ1v) is 5.12. The van der Waals surface area contributed by atoms with Crippen LogP contribution in [0.15, 0.2) is 12.1 Å². The van der Waals surface area contributed by atoms with Gasteiger partial charge in [0.1, 0.15) is 0 Å². The highest BCUT2D eigenvalue weighted by atomic mass is 35.5. The van der Waals surface area contributed by atoms with Gasteiger partial charge in [-0.15, -0.1) is 0 Å². The van der Waals surface area contributed by atoms with E-state index >= 15 is 0 Å². The van der Waals surface area contributed by atoms with E-state index in [0.717, 1.165) is 0 Å². The van der Waals surface area contributed by atoms with E-state index in [-0.39, 0.29) is 6.07 Å². The predicted octanol–water partition coefficient (Wildman–Crippen LogP) is 3.50. The molecule has 1 atom stereocenters. The summed E-state index contributed by atoms with van der Waals surface area (Å²) in [4.78, 5) is 10.5. The minimum atomic E-state index is -5.41. The molecule has 1 aromatic carbocycles. The van der Waals surface area contributed by atoms with E-state index in [0.29, 0.717) is 6.07 Å². The van der Waals surface area contributed by atoms with Gasteiger partial charge in [0.15, 0.2) is 6.10 Å². The number of hydrogen-bond donors (Lipinski definition) is 2. The first-order valence-electron chi connectivity index (χ1n) is 4.74.